The van der Waals surface area contributed by atoms with E-state index in [1.807, 2.05) is 4.90 Å². The normalized spacial score (nSPS) is 20.9. The van der Waals surface area contributed by atoms with Crippen LogP contribution in [0, 0.1) is 5.41 Å². The highest BCUT2D eigenvalue weighted by molar-refractivity contribution is 5.76. The van der Waals surface area contributed by atoms with E-state index < -0.39 is 0 Å². The van der Waals surface area contributed by atoms with E-state index in [1.165, 1.54) is 0 Å². The molecule has 3 heteroatoms. The van der Waals surface area contributed by atoms with Crippen molar-refractivity contribution in [1.29, 1.82) is 0 Å². The number of likely N-dealkylation sites (tertiary alicyclic amines) is 1. The molecule has 0 aliphatic carbocycles. The van der Waals surface area contributed by atoms with E-state index >= 15 is 0 Å². The summed E-state index contributed by atoms with van der Waals surface area (Å²) >= 11 is 0. The molecule has 1 fully saturated rings. The van der Waals surface area contributed by atoms with Crippen LogP contribution in [0.2, 0.25) is 0 Å². The Hall–Kier alpha value is -0.570. The van der Waals surface area contributed by atoms with Crippen molar-refractivity contribution in [1.82, 2.24) is 10.2 Å². The SMILES string of the molecule is CCNCCCN1CCC(C)(C)CCC1=O. The molecule has 1 saturated heterocycles. The van der Waals surface area contributed by atoms with Crippen LogP contribution in [-0.2, 0) is 4.79 Å². The van der Waals surface area contributed by atoms with Crippen LogP contribution in [0.1, 0.15) is 46.5 Å². The summed E-state index contributed by atoms with van der Waals surface area (Å²) in [5, 5.41) is 3.30. The molecule has 1 aliphatic heterocycles. The molecule has 1 N–H and O–H groups in total. The molecule has 0 saturated carbocycles. The Kier molecular flexibility index (Phi) is 5.26. The number of carbonyl (C=O) groups excluding carboxylic acids is 1. The molecule has 0 bridgehead atoms. The molecule has 0 aromatic heterocycles. The minimum absolute atomic E-state index is 0.339. The van der Waals surface area contributed by atoms with Crippen LogP contribution in [-0.4, -0.2) is 37.0 Å². The number of amides is 1. The topological polar surface area (TPSA) is 32.3 Å². The maximum Gasteiger partial charge on any atom is 0.222 e. The standard InChI is InChI=1S/C13H26N2O/c1-4-14-9-5-10-15-11-8-13(2,3)7-6-12(15)16/h14H,4-11H2,1-3H3. The smallest absolute Gasteiger partial charge is 0.222 e. The van der Waals surface area contributed by atoms with Gasteiger partial charge in [-0.05, 0) is 37.8 Å². The first kappa shape index (κ1) is 13.5. The zero-order chi connectivity index (χ0) is 12.0. The summed E-state index contributed by atoms with van der Waals surface area (Å²) in [4.78, 5) is 13.9. The quantitative estimate of drug-likeness (QED) is 0.727. The lowest BCUT2D eigenvalue weighted by Crippen LogP contribution is -2.33. The number of rotatable bonds is 5. The summed E-state index contributed by atoms with van der Waals surface area (Å²) in [5.74, 6) is 0.349. The number of hydrogen-bond donors (Lipinski definition) is 1. The molecule has 0 aromatic carbocycles. The monoisotopic (exact) mass is 226 g/mol. The number of carbonyl (C=O) groups is 1. The van der Waals surface area contributed by atoms with Crippen molar-refractivity contribution in [3.63, 3.8) is 0 Å². The fourth-order valence-corrected chi connectivity index (χ4v) is 2.10. The van der Waals surface area contributed by atoms with Crippen molar-refractivity contribution in [2.24, 2.45) is 5.41 Å². The molecule has 0 spiro atoms. The van der Waals surface area contributed by atoms with Gasteiger partial charge in [0.25, 0.3) is 0 Å². The van der Waals surface area contributed by atoms with Gasteiger partial charge in [0.1, 0.15) is 0 Å². The third-order valence-corrected chi connectivity index (χ3v) is 3.46. The molecule has 3 nitrogen and oxygen atoms in total. The lowest BCUT2D eigenvalue weighted by Gasteiger charge is -2.23. The third-order valence-electron chi connectivity index (χ3n) is 3.46. The molecule has 0 radical (unpaired) electrons. The van der Waals surface area contributed by atoms with Crippen LogP contribution in [0.15, 0.2) is 0 Å². The Morgan fingerprint density at radius 1 is 1.38 bits per heavy atom. The van der Waals surface area contributed by atoms with E-state index in [9.17, 15) is 4.79 Å². The van der Waals surface area contributed by atoms with Gasteiger partial charge in [0, 0.05) is 19.5 Å². The fraction of sp³-hybridized carbons (Fsp3) is 0.923. The predicted octanol–water partition coefficient (Wildman–Crippen LogP) is 2.02. The Bertz CT molecular complexity index is 226. The second-order valence-corrected chi connectivity index (χ2v) is 5.50. The van der Waals surface area contributed by atoms with E-state index in [-0.39, 0.29) is 0 Å². The zero-order valence-corrected chi connectivity index (χ0v) is 11.0. The summed E-state index contributed by atoms with van der Waals surface area (Å²) in [6.45, 7) is 10.5. The molecule has 16 heavy (non-hydrogen) atoms. The largest absolute Gasteiger partial charge is 0.343 e. The third kappa shape index (κ3) is 4.52. The van der Waals surface area contributed by atoms with Gasteiger partial charge >= 0.3 is 0 Å². The first-order chi connectivity index (χ1) is 7.55. The summed E-state index contributed by atoms with van der Waals surface area (Å²) in [6.07, 6.45) is 3.98. The summed E-state index contributed by atoms with van der Waals surface area (Å²) < 4.78 is 0. The predicted molar refractivity (Wildman–Crippen MR) is 67.4 cm³/mol. The van der Waals surface area contributed by atoms with Gasteiger partial charge < -0.3 is 10.2 Å². The van der Waals surface area contributed by atoms with Crippen molar-refractivity contribution in [3.8, 4) is 0 Å². The Morgan fingerprint density at radius 2 is 2.12 bits per heavy atom. The van der Waals surface area contributed by atoms with Crippen LogP contribution in [0.4, 0.5) is 0 Å². The van der Waals surface area contributed by atoms with Crippen molar-refractivity contribution < 1.29 is 4.79 Å². The maximum absolute atomic E-state index is 11.9. The van der Waals surface area contributed by atoms with Crippen molar-refractivity contribution in [3.05, 3.63) is 0 Å². The van der Waals surface area contributed by atoms with Crippen molar-refractivity contribution in [2.75, 3.05) is 26.2 Å². The van der Waals surface area contributed by atoms with Gasteiger partial charge in [-0.3, -0.25) is 4.79 Å². The van der Waals surface area contributed by atoms with Crippen molar-refractivity contribution >= 4 is 5.91 Å². The van der Waals surface area contributed by atoms with E-state index in [1.54, 1.807) is 0 Å². The van der Waals surface area contributed by atoms with Gasteiger partial charge in [0.2, 0.25) is 5.91 Å². The molecular weight excluding hydrogens is 200 g/mol. The van der Waals surface area contributed by atoms with Crippen LogP contribution in [0.5, 0.6) is 0 Å². The molecule has 0 atom stereocenters. The van der Waals surface area contributed by atoms with E-state index in [0.717, 1.165) is 51.9 Å². The molecule has 0 unspecified atom stereocenters. The highest BCUT2D eigenvalue weighted by Crippen LogP contribution is 2.30. The van der Waals surface area contributed by atoms with Crippen molar-refractivity contribution in [2.45, 2.75) is 46.5 Å². The second-order valence-electron chi connectivity index (χ2n) is 5.50. The first-order valence-electron chi connectivity index (χ1n) is 6.54. The zero-order valence-electron chi connectivity index (χ0n) is 11.0. The van der Waals surface area contributed by atoms with E-state index in [2.05, 4.69) is 26.1 Å². The van der Waals surface area contributed by atoms with Crippen LogP contribution in [0.25, 0.3) is 0 Å². The number of hydrogen-bond acceptors (Lipinski definition) is 2. The second kappa shape index (κ2) is 6.24. The Labute approximate surface area is 99.6 Å². The molecule has 1 heterocycles. The van der Waals surface area contributed by atoms with Crippen LogP contribution < -0.4 is 5.32 Å². The molecule has 1 aliphatic rings. The van der Waals surface area contributed by atoms with E-state index in [4.69, 9.17) is 0 Å². The van der Waals surface area contributed by atoms with Gasteiger partial charge in [-0.15, -0.1) is 0 Å². The van der Waals surface area contributed by atoms with Crippen LogP contribution in [0.3, 0.4) is 0 Å². The molecule has 94 valence electrons. The Morgan fingerprint density at radius 3 is 2.81 bits per heavy atom. The molecule has 0 aromatic rings. The Balaban J connectivity index is 2.32. The van der Waals surface area contributed by atoms with Gasteiger partial charge in [-0.25, -0.2) is 0 Å². The lowest BCUT2D eigenvalue weighted by atomic mass is 9.85. The molecule has 1 amide bonds. The van der Waals surface area contributed by atoms with Crippen LogP contribution >= 0.6 is 0 Å². The average molecular weight is 226 g/mol. The van der Waals surface area contributed by atoms with E-state index in [0.29, 0.717) is 11.3 Å². The summed E-state index contributed by atoms with van der Waals surface area (Å²) in [6, 6.07) is 0. The highest BCUT2D eigenvalue weighted by atomic mass is 16.2. The first-order valence-corrected chi connectivity index (χ1v) is 6.54. The minimum Gasteiger partial charge on any atom is -0.343 e. The number of nitrogens with one attached hydrogen (secondary N) is 1. The molecule has 1 rings (SSSR count). The average Bonchev–Trinajstić information content (AvgIpc) is 2.36. The highest BCUT2D eigenvalue weighted by Gasteiger charge is 2.26. The lowest BCUT2D eigenvalue weighted by molar-refractivity contribution is -0.130. The number of nitrogens with zero attached hydrogens (tertiary/aromatic N) is 1. The van der Waals surface area contributed by atoms with Gasteiger partial charge in [0.05, 0.1) is 0 Å². The van der Waals surface area contributed by atoms with Gasteiger partial charge in [-0.1, -0.05) is 20.8 Å². The maximum atomic E-state index is 11.9. The van der Waals surface area contributed by atoms with Gasteiger partial charge in [-0.2, -0.15) is 0 Å². The molecular formula is C13H26N2O. The summed E-state index contributed by atoms with van der Waals surface area (Å²) in [5.41, 5.74) is 0.339. The van der Waals surface area contributed by atoms with Gasteiger partial charge in [0.15, 0.2) is 0 Å². The minimum atomic E-state index is 0.339. The summed E-state index contributed by atoms with van der Waals surface area (Å²) in [7, 11) is 0. The fourth-order valence-electron chi connectivity index (χ4n) is 2.10.